The number of aromatic nitrogens is 4. The highest BCUT2D eigenvalue weighted by atomic mass is 16.5. The maximum atomic E-state index is 13.3. The van der Waals surface area contributed by atoms with Crippen molar-refractivity contribution in [2.75, 3.05) is 38.2 Å². The van der Waals surface area contributed by atoms with E-state index in [0.29, 0.717) is 23.6 Å². The molecule has 176 valence electrons. The molecule has 1 aliphatic heterocycles. The Morgan fingerprint density at radius 1 is 1.06 bits per heavy atom. The number of para-hydroxylation sites is 1. The minimum Gasteiger partial charge on any atom is -0.497 e. The molecule has 8 heteroatoms. The van der Waals surface area contributed by atoms with Gasteiger partial charge in [-0.05, 0) is 43.7 Å². The molecule has 1 atom stereocenters. The summed E-state index contributed by atoms with van der Waals surface area (Å²) in [6.07, 6.45) is 0.500. The van der Waals surface area contributed by atoms with Crippen molar-refractivity contribution in [3.05, 3.63) is 87.6 Å². The van der Waals surface area contributed by atoms with Crippen LogP contribution < -0.4 is 15.2 Å². The van der Waals surface area contributed by atoms with Crippen molar-refractivity contribution in [3.8, 4) is 5.75 Å². The number of methoxy groups -OCH3 is 1. The number of fused-ring (bicyclic) bond motifs is 1. The van der Waals surface area contributed by atoms with Gasteiger partial charge in [0.05, 0.1) is 13.2 Å². The average molecular weight is 459 g/mol. The SMILES string of the molecule is COc1cccc(Cc2c(C)[nH]c3nc(C(C)N4CCN(c5ccccc5)CC4)nn3c2=O)c1. The van der Waals surface area contributed by atoms with Crippen LogP contribution in [-0.4, -0.2) is 57.8 Å². The Labute approximate surface area is 198 Å². The minimum absolute atomic E-state index is 0.0211. The van der Waals surface area contributed by atoms with E-state index in [1.165, 1.54) is 10.2 Å². The van der Waals surface area contributed by atoms with Crippen molar-refractivity contribution in [3.63, 3.8) is 0 Å². The zero-order chi connectivity index (χ0) is 23.7. The lowest BCUT2D eigenvalue weighted by atomic mass is 10.0. The summed E-state index contributed by atoms with van der Waals surface area (Å²) in [5.41, 5.74) is 3.63. The number of hydrogen-bond acceptors (Lipinski definition) is 6. The van der Waals surface area contributed by atoms with Crippen LogP contribution in [0.3, 0.4) is 0 Å². The number of ether oxygens (including phenoxy) is 1. The Balaban J connectivity index is 1.35. The number of piperazine rings is 1. The summed E-state index contributed by atoms with van der Waals surface area (Å²) in [6, 6.07) is 18.3. The molecule has 2 aromatic heterocycles. The van der Waals surface area contributed by atoms with Gasteiger partial charge in [0.2, 0.25) is 5.78 Å². The van der Waals surface area contributed by atoms with Gasteiger partial charge in [-0.3, -0.25) is 9.69 Å². The molecule has 2 aromatic carbocycles. The van der Waals surface area contributed by atoms with Gasteiger partial charge in [0, 0.05) is 49.5 Å². The van der Waals surface area contributed by atoms with Crippen LogP contribution in [0.4, 0.5) is 5.69 Å². The van der Waals surface area contributed by atoms with E-state index in [0.717, 1.165) is 43.2 Å². The fourth-order valence-electron chi connectivity index (χ4n) is 4.62. The second-order valence-corrected chi connectivity index (χ2v) is 8.80. The summed E-state index contributed by atoms with van der Waals surface area (Å²) < 4.78 is 6.73. The van der Waals surface area contributed by atoms with E-state index in [9.17, 15) is 4.79 Å². The third-order valence-corrected chi connectivity index (χ3v) is 6.70. The molecule has 8 nitrogen and oxygen atoms in total. The van der Waals surface area contributed by atoms with Crippen LogP contribution in [0.25, 0.3) is 5.78 Å². The number of rotatable bonds is 6. The molecule has 0 amide bonds. The maximum Gasteiger partial charge on any atom is 0.279 e. The summed E-state index contributed by atoms with van der Waals surface area (Å²) in [4.78, 5) is 26.1. The minimum atomic E-state index is -0.131. The Morgan fingerprint density at radius 3 is 2.56 bits per heavy atom. The molecule has 1 N–H and O–H groups in total. The van der Waals surface area contributed by atoms with Crippen molar-refractivity contribution in [2.24, 2.45) is 0 Å². The van der Waals surface area contributed by atoms with Crippen LogP contribution in [0.5, 0.6) is 5.75 Å². The van der Waals surface area contributed by atoms with E-state index in [-0.39, 0.29) is 11.6 Å². The predicted octanol–water partition coefficient (Wildman–Crippen LogP) is 3.21. The smallest absolute Gasteiger partial charge is 0.279 e. The van der Waals surface area contributed by atoms with Gasteiger partial charge < -0.3 is 14.6 Å². The molecule has 3 heterocycles. The normalized spacial score (nSPS) is 15.6. The van der Waals surface area contributed by atoms with Gasteiger partial charge in [0.25, 0.3) is 5.56 Å². The number of aromatic amines is 1. The first kappa shape index (κ1) is 22.2. The molecular formula is C26H30N6O2. The molecule has 5 rings (SSSR count). The number of aryl methyl sites for hydroxylation is 1. The Morgan fingerprint density at radius 2 is 1.82 bits per heavy atom. The van der Waals surface area contributed by atoms with Crippen LogP contribution in [0.15, 0.2) is 59.4 Å². The van der Waals surface area contributed by atoms with E-state index >= 15 is 0 Å². The standard InChI is InChI=1S/C26H30N6O2/c1-18-23(17-20-8-7-11-22(16-20)34-3)25(33)32-26(27-18)28-24(29-32)19(2)30-12-14-31(15-13-30)21-9-5-4-6-10-21/h4-11,16,19H,12-15,17H2,1-3H3,(H,27,28,29). The first-order chi connectivity index (χ1) is 16.5. The van der Waals surface area contributed by atoms with E-state index in [1.54, 1.807) is 7.11 Å². The molecule has 0 spiro atoms. The number of hydrogen-bond donors (Lipinski definition) is 1. The molecule has 0 aliphatic carbocycles. The molecule has 4 aromatic rings. The second-order valence-electron chi connectivity index (χ2n) is 8.80. The maximum absolute atomic E-state index is 13.3. The number of nitrogens with zero attached hydrogens (tertiary/aromatic N) is 5. The number of nitrogens with one attached hydrogen (secondary N) is 1. The molecular weight excluding hydrogens is 428 g/mol. The van der Waals surface area contributed by atoms with E-state index in [1.807, 2.05) is 37.3 Å². The summed E-state index contributed by atoms with van der Waals surface area (Å²) in [5, 5.41) is 4.62. The largest absolute Gasteiger partial charge is 0.497 e. The van der Waals surface area contributed by atoms with Gasteiger partial charge in [-0.2, -0.15) is 9.50 Å². The van der Waals surface area contributed by atoms with Gasteiger partial charge in [-0.15, -0.1) is 5.10 Å². The molecule has 0 radical (unpaired) electrons. The third kappa shape index (κ3) is 4.28. The van der Waals surface area contributed by atoms with Crippen molar-refractivity contribution < 1.29 is 4.74 Å². The van der Waals surface area contributed by atoms with Gasteiger partial charge in [-0.1, -0.05) is 30.3 Å². The summed E-state index contributed by atoms with van der Waals surface area (Å²) >= 11 is 0. The first-order valence-electron chi connectivity index (χ1n) is 11.7. The summed E-state index contributed by atoms with van der Waals surface area (Å²) in [5.74, 6) is 1.93. The summed E-state index contributed by atoms with van der Waals surface area (Å²) in [7, 11) is 1.64. The molecule has 0 saturated carbocycles. The van der Waals surface area contributed by atoms with E-state index in [2.05, 4.69) is 56.1 Å². The molecule has 1 unspecified atom stereocenters. The first-order valence-corrected chi connectivity index (χ1v) is 11.7. The van der Waals surface area contributed by atoms with Crippen molar-refractivity contribution in [2.45, 2.75) is 26.3 Å². The molecule has 1 saturated heterocycles. The van der Waals surface area contributed by atoms with Crippen LogP contribution in [0, 0.1) is 6.92 Å². The lowest BCUT2D eigenvalue weighted by Crippen LogP contribution is -2.47. The summed E-state index contributed by atoms with van der Waals surface area (Å²) in [6.45, 7) is 7.76. The van der Waals surface area contributed by atoms with Crippen molar-refractivity contribution >= 4 is 11.5 Å². The fraction of sp³-hybridized carbons (Fsp3) is 0.346. The Kier molecular flexibility index (Phi) is 6.06. The second kappa shape index (κ2) is 9.30. The molecule has 0 bridgehead atoms. The number of benzene rings is 2. The van der Waals surface area contributed by atoms with Crippen LogP contribution in [-0.2, 0) is 6.42 Å². The van der Waals surface area contributed by atoms with Crippen molar-refractivity contribution in [1.29, 1.82) is 0 Å². The quantitative estimate of drug-likeness (QED) is 0.478. The number of H-pyrrole nitrogens is 1. The lowest BCUT2D eigenvalue weighted by molar-refractivity contribution is 0.192. The van der Waals surface area contributed by atoms with Gasteiger partial charge >= 0.3 is 0 Å². The highest BCUT2D eigenvalue weighted by Crippen LogP contribution is 2.22. The van der Waals surface area contributed by atoms with Crippen LogP contribution in [0.2, 0.25) is 0 Å². The van der Waals surface area contributed by atoms with E-state index in [4.69, 9.17) is 4.74 Å². The monoisotopic (exact) mass is 458 g/mol. The zero-order valence-electron chi connectivity index (χ0n) is 19.9. The Bertz CT molecular complexity index is 1340. The fourth-order valence-corrected chi connectivity index (χ4v) is 4.62. The van der Waals surface area contributed by atoms with Crippen LogP contribution in [0.1, 0.15) is 35.6 Å². The molecule has 34 heavy (non-hydrogen) atoms. The molecule has 1 aliphatic rings. The van der Waals surface area contributed by atoms with Crippen molar-refractivity contribution in [1.82, 2.24) is 24.5 Å². The van der Waals surface area contributed by atoms with Gasteiger partial charge in [0.15, 0.2) is 5.82 Å². The lowest BCUT2D eigenvalue weighted by Gasteiger charge is -2.38. The highest BCUT2D eigenvalue weighted by molar-refractivity contribution is 5.46. The number of anilines is 1. The molecule has 1 fully saturated rings. The highest BCUT2D eigenvalue weighted by Gasteiger charge is 2.26. The zero-order valence-corrected chi connectivity index (χ0v) is 19.9. The third-order valence-electron chi connectivity index (χ3n) is 6.70. The van der Waals surface area contributed by atoms with Gasteiger partial charge in [0.1, 0.15) is 5.75 Å². The average Bonchev–Trinajstić information content (AvgIpc) is 3.31. The Hall–Kier alpha value is -3.65. The van der Waals surface area contributed by atoms with E-state index < -0.39 is 0 Å². The topological polar surface area (TPSA) is 78.8 Å². The van der Waals surface area contributed by atoms with Crippen LogP contribution >= 0.6 is 0 Å². The van der Waals surface area contributed by atoms with Gasteiger partial charge in [-0.25, -0.2) is 0 Å². The predicted molar refractivity (Wildman–Crippen MR) is 133 cm³/mol.